The van der Waals surface area contributed by atoms with Gasteiger partial charge in [-0.25, -0.2) is 13.9 Å². The van der Waals surface area contributed by atoms with E-state index in [1.54, 1.807) is 27.8 Å². The van der Waals surface area contributed by atoms with Gasteiger partial charge in [0.25, 0.3) is 5.91 Å². The van der Waals surface area contributed by atoms with E-state index in [1.807, 2.05) is 6.20 Å². The van der Waals surface area contributed by atoms with Crippen LogP contribution >= 0.6 is 23.2 Å². The topological polar surface area (TPSA) is 80.6 Å². The Morgan fingerprint density at radius 2 is 1.81 bits per heavy atom. The lowest BCUT2D eigenvalue weighted by Gasteiger charge is -2.43. The van der Waals surface area contributed by atoms with Crippen molar-refractivity contribution < 1.29 is 18.7 Å². The van der Waals surface area contributed by atoms with Gasteiger partial charge in [0.15, 0.2) is 5.54 Å². The number of hydrogen-bond acceptors (Lipinski definition) is 6. The minimum atomic E-state index is -1.07. The van der Waals surface area contributed by atoms with Crippen molar-refractivity contribution in [1.29, 1.82) is 0 Å². The molecule has 1 unspecified atom stereocenters. The number of ether oxygens (including phenoxy) is 1. The van der Waals surface area contributed by atoms with Crippen molar-refractivity contribution in [2.45, 2.75) is 52.0 Å². The summed E-state index contributed by atoms with van der Waals surface area (Å²) in [5.41, 5.74) is 1.35. The molecule has 43 heavy (non-hydrogen) atoms. The third kappa shape index (κ3) is 6.44. The summed E-state index contributed by atoms with van der Waals surface area (Å²) in [6.45, 7) is 10.5. The van der Waals surface area contributed by atoms with Gasteiger partial charge in [0.1, 0.15) is 5.82 Å². The molecule has 0 N–H and O–H groups in total. The van der Waals surface area contributed by atoms with Crippen LogP contribution in [0.4, 0.5) is 4.39 Å². The lowest BCUT2D eigenvalue weighted by Crippen LogP contribution is -2.53. The van der Waals surface area contributed by atoms with Gasteiger partial charge in [-0.05, 0) is 65.8 Å². The van der Waals surface area contributed by atoms with Crippen LogP contribution in [0.1, 0.15) is 56.1 Å². The monoisotopic (exact) mass is 629 g/mol. The summed E-state index contributed by atoms with van der Waals surface area (Å²) >= 11 is 12.3. The molecular formula is C32H38Cl2FN5O3. The van der Waals surface area contributed by atoms with Crippen molar-refractivity contribution in [3.63, 3.8) is 0 Å². The Balaban J connectivity index is 1.30. The molecule has 3 heterocycles. The van der Waals surface area contributed by atoms with Crippen molar-refractivity contribution in [1.82, 2.24) is 24.8 Å². The predicted molar refractivity (Wildman–Crippen MR) is 165 cm³/mol. The van der Waals surface area contributed by atoms with Crippen LogP contribution in [-0.4, -0.2) is 76.5 Å². The zero-order valence-corrected chi connectivity index (χ0v) is 26.6. The lowest BCUT2D eigenvalue weighted by atomic mass is 9.75. The largest absolute Gasteiger partial charge is 0.467 e. The molecule has 3 aromatic rings. The quantitative estimate of drug-likeness (QED) is 0.294. The molecule has 2 aromatic carbocycles. The highest BCUT2D eigenvalue weighted by Crippen LogP contribution is 2.36. The van der Waals surface area contributed by atoms with Crippen LogP contribution in [0.25, 0.3) is 11.1 Å². The number of rotatable bonds is 7. The smallest absolute Gasteiger partial charge is 0.334 e. The normalized spacial score (nSPS) is 20.2. The first kappa shape index (κ1) is 31.4. The average Bonchev–Trinajstić information content (AvgIpc) is 3.48. The van der Waals surface area contributed by atoms with E-state index in [9.17, 15) is 14.0 Å². The first-order valence-corrected chi connectivity index (χ1v) is 15.5. The van der Waals surface area contributed by atoms with Gasteiger partial charge in [0.2, 0.25) is 0 Å². The Kier molecular flexibility index (Phi) is 9.16. The molecule has 1 amide bonds. The van der Waals surface area contributed by atoms with Crippen LogP contribution in [0.15, 0.2) is 42.6 Å². The van der Waals surface area contributed by atoms with Crippen LogP contribution in [0.2, 0.25) is 10.0 Å². The Hall–Kier alpha value is -3.01. The fourth-order valence-electron chi connectivity index (χ4n) is 6.24. The average molecular weight is 631 g/mol. The highest BCUT2D eigenvalue weighted by molar-refractivity contribution is 6.42. The molecule has 2 aliphatic rings. The molecule has 0 bridgehead atoms. The zero-order chi connectivity index (χ0) is 30.9. The van der Waals surface area contributed by atoms with Crippen LogP contribution in [0.5, 0.6) is 0 Å². The van der Waals surface area contributed by atoms with Gasteiger partial charge in [-0.1, -0.05) is 55.3 Å². The Morgan fingerprint density at radius 3 is 2.49 bits per heavy atom. The number of likely N-dealkylation sites (tertiary alicyclic amines) is 2. The fraction of sp³-hybridized carbons (Fsp3) is 0.500. The molecule has 2 aliphatic heterocycles. The van der Waals surface area contributed by atoms with Crippen molar-refractivity contribution in [3.8, 4) is 11.1 Å². The first-order chi connectivity index (χ1) is 20.4. The first-order valence-electron chi connectivity index (χ1n) is 14.7. The summed E-state index contributed by atoms with van der Waals surface area (Å²) < 4.78 is 21.1. The van der Waals surface area contributed by atoms with Crippen molar-refractivity contribution in [3.05, 3.63) is 69.7 Å². The molecule has 0 spiro atoms. The number of halogens is 3. The van der Waals surface area contributed by atoms with Gasteiger partial charge >= 0.3 is 5.97 Å². The summed E-state index contributed by atoms with van der Waals surface area (Å²) in [5, 5.41) is 9.45. The van der Waals surface area contributed by atoms with Crippen molar-refractivity contribution in [2.24, 2.45) is 11.3 Å². The third-order valence-electron chi connectivity index (χ3n) is 9.39. The van der Waals surface area contributed by atoms with Gasteiger partial charge in [0.05, 0.1) is 22.8 Å². The molecule has 8 nitrogen and oxygen atoms in total. The van der Waals surface area contributed by atoms with Gasteiger partial charge in [0, 0.05) is 57.2 Å². The second kappa shape index (κ2) is 12.5. The summed E-state index contributed by atoms with van der Waals surface area (Å²) in [5.74, 6) is -0.465. The van der Waals surface area contributed by atoms with E-state index in [-0.39, 0.29) is 24.4 Å². The number of carbonyl (C=O) groups excluding carboxylic acids is 2. The minimum Gasteiger partial charge on any atom is -0.467 e. The van der Waals surface area contributed by atoms with E-state index in [0.717, 1.165) is 31.7 Å². The lowest BCUT2D eigenvalue weighted by molar-refractivity contribution is -0.154. The molecular weight excluding hydrogens is 592 g/mol. The van der Waals surface area contributed by atoms with E-state index in [0.29, 0.717) is 45.5 Å². The number of piperidine rings is 2. The second-order valence-corrected chi connectivity index (χ2v) is 13.3. The van der Waals surface area contributed by atoms with Crippen LogP contribution in [-0.2, 0) is 21.5 Å². The number of benzene rings is 2. The maximum atomic E-state index is 14.3. The van der Waals surface area contributed by atoms with Gasteiger partial charge in [-0.2, -0.15) is 0 Å². The van der Waals surface area contributed by atoms with E-state index >= 15 is 0 Å². The Bertz CT molecular complexity index is 1500. The van der Waals surface area contributed by atoms with Gasteiger partial charge in [-0.3, -0.25) is 4.79 Å². The number of nitrogens with zero attached hydrogens (tertiary/aromatic N) is 5. The molecule has 2 fully saturated rings. The third-order valence-corrected chi connectivity index (χ3v) is 10.1. The molecule has 0 saturated carbocycles. The number of esters is 1. The molecule has 230 valence electrons. The zero-order valence-electron chi connectivity index (χ0n) is 25.1. The predicted octanol–water partition coefficient (Wildman–Crippen LogP) is 6.11. The highest BCUT2D eigenvalue weighted by Gasteiger charge is 2.46. The van der Waals surface area contributed by atoms with Crippen LogP contribution in [0, 0.1) is 17.2 Å². The maximum Gasteiger partial charge on any atom is 0.334 e. The molecule has 1 aromatic heterocycles. The number of aromatic nitrogens is 3. The fourth-order valence-corrected chi connectivity index (χ4v) is 6.53. The van der Waals surface area contributed by atoms with Gasteiger partial charge < -0.3 is 14.5 Å². The van der Waals surface area contributed by atoms with Crippen molar-refractivity contribution >= 4 is 35.1 Å². The summed E-state index contributed by atoms with van der Waals surface area (Å²) in [7, 11) is 1.36. The number of carbonyl (C=O) groups is 2. The van der Waals surface area contributed by atoms with Crippen molar-refractivity contribution in [2.75, 3.05) is 39.8 Å². The van der Waals surface area contributed by atoms with E-state index < -0.39 is 17.3 Å². The Labute approximate surface area is 262 Å². The summed E-state index contributed by atoms with van der Waals surface area (Å²) in [4.78, 5) is 31.1. The van der Waals surface area contributed by atoms with E-state index in [4.69, 9.17) is 27.9 Å². The molecule has 0 aliphatic carbocycles. The molecule has 1 atom stereocenters. The molecule has 5 rings (SSSR count). The Morgan fingerprint density at radius 1 is 1.07 bits per heavy atom. The number of methoxy groups -OCH3 is 1. The molecule has 2 saturated heterocycles. The van der Waals surface area contributed by atoms with E-state index in [1.165, 1.54) is 31.7 Å². The standard InChI is InChI=1S/C32H38Cl2FN5O3/c1-21-9-13-38(20-31(21,2)3)14-10-24-19-40(37-36-24)32(30(42)43-4)11-15-39(16-12-32)29(41)25-7-6-23(35)18-26(25)22-5-8-27(33)28(34)17-22/h5-8,17-19,21H,9-16,20H2,1-4H3. The second-order valence-electron chi connectivity index (χ2n) is 12.5. The van der Waals surface area contributed by atoms with Gasteiger partial charge in [-0.15, -0.1) is 5.10 Å². The SMILES string of the molecule is COC(=O)C1(n2cc(CCN3CCC(C)C(C)(C)C3)nn2)CCN(C(=O)c2ccc(F)cc2-c2ccc(Cl)c(Cl)c2)CC1. The van der Waals surface area contributed by atoms with Crippen LogP contribution in [0.3, 0.4) is 0 Å². The minimum absolute atomic E-state index is 0.266. The number of hydrogen-bond donors (Lipinski definition) is 0. The molecule has 0 radical (unpaired) electrons. The highest BCUT2D eigenvalue weighted by atomic mass is 35.5. The summed E-state index contributed by atoms with van der Waals surface area (Å²) in [6.07, 6.45) is 4.35. The maximum absolute atomic E-state index is 14.3. The van der Waals surface area contributed by atoms with E-state index in [2.05, 4.69) is 36.0 Å². The number of amides is 1. The summed E-state index contributed by atoms with van der Waals surface area (Å²) in [6, 6.07) is 8.99. The van der Waals surface area contributed by atoms with Crippen LogP contribution < -0.4 is 0 Å². The molecule has 11 heteroatoms.